The second-order valence-electron chi connectivity index (χ2n) is 9.62. The van der Waals surface area contributed by atoms with Crippen LogP contribution in [0.4, 0.5) is 0 Å². The molecule has 1 atom stereocenters. The molecule has 1 heterocycles. The Bertz CT molecular complexity index is 1650. The quantitative estimate of drug-likeness (QED) is 0.254. The summed E-state index contributed by atoms with van der Waals surface area (Å²) in [6, 6.07) is 32.0. The molecule has 0 amide bonds. The average Bonchev–Trinajstić information content (AvgIpc) is 3.48. The zero-order valence-corrected chi connectivity index (χ0v) is 22.1. The van der Waals surface area contributed by atoms with Crippen molar-refractivity contribution in [3.63, 3.8) is 0 Å². The van der Waals surface area contributed by atoms with Gasteiger partial charge < -0.3 is 19.1 Å². The van der Waals surface area contributed by atoms with Gasteiger partial charge in [-0.05, 0) is 41.0 Å². The molecule has 4 aromatic carbocycles. The maximum atomic E-state index is 13.7. The molecule has 0 saturated heterocycles. The standard InChI is InChI=1S/C34H27NO5/c1-38-25-16-12-22(13-17-25)27(23-14-18-26(39-2)19-15-23)20-21-34(37)29-11-7-6-10-28(29)31(36)30-32(40-35-33(30)34)24-8-4-3-5-9-24/h3-20,37H,21H2,1-2H3. The minimum Gasteiger partial charge on any atom is -0.497 e. The third-order valence-corrected chi connectivity index (χ3v) is 7.37. The first-order chi connectivity index (χ1) is 19.5. The lowest BCUT2D eigenvalue weighted by atomic mass is 9.74. The number of methoxy groups -OCH3 is 2. The Kier molecular flexibility index (Phi) is 6.54. The number of benzene rings is 4. The van der Waals surface area contributed by atoms with Gasteiger partial charge in [-0.25, -0.2) is 0 Å². The molecule has 0 bridgehead atoms. The molecular weight excluding hydrogens is 502 g/mol. The molecule has 1 unspecified atom stereocenters. The minimum absolute atomic E-state index is 0.151. The molecule has 1 aliphatic rings. The van der Waals surface area contributed by atoms with E-state index in [1.807, 2.05) is 91.0 Å². The van der Waals surface area contributed by atoms with Gasteiger partial charge in [0.25, 0.3) is 0 Å². The van der Waals surface area contributed by atoms with Crippen molar-refractivity contribution in [2.75, 3.05) is 14.2 Å². The summed E-state index contributed by atoms with van der Waals surface area (Å²) in [7, 11) is 3.26. The molecular formula is C34H27NO5. The van der Waals surface area contributed by atoms with E-state index in [4.69, 9.17) is 14.0 Å². The number of ether oxygens (including phenoxy) is 2. The molecule has 198 valence electrons. The molecule has 0 radical (unpaired) electrons. The minimum atomic E-state index is -1.60. The van der Waals surface area contributed by atoms with Crippen molar-refractivity contribution < 1.29 is 23.9 Å². The van der Waals surface area contributed by atoms with Gasteiger partial charge in [0.2, 0.25) is 0 Å². The van der Waals surface area contributed by atoms with E-state index in [0.717, 1.165) is 33.8 Å². The van der Waals surface area contributed by atoms with Gasteiger partial charge in [0.05, 0.1) is 19.8 Å². The summed E-state index contributed by atoms with van der Waals surface area (Å²) in [6.45, 7) is 0. The van der Waals surface area contributed by atoms with E-state index in [2.05, 4.69) is 5.16 Å². The van der Waals surface area contributed by atoms with Gasteiger partial charge in [-0.2, -0.15) is 0 Å². The summed E-state index contributed by atoms with van der Waals surface area (Å²) in [6.07, 6.45) is 2.13. The number of aromatic nitrogens is 1. The van der Waals surface area contributed by atoms with E-state index in [9.17, 15) is 9.90 Å². The van der Waals surface area contributed by atoms with Gasteiger partial charge in [-0.1, -0.05) is 90.1 Å². The maximum Gasteiger partial charge on any atom is 0.199 e. The van der Waals surface area contributed by atoms with Gasteiger partial charge in [0, 0.05) is 23.1 Å². The predicted octanol–water partition coefficient (Wildman–Crippen LogP) is 6.66. The first-order valence-corrected chi connectivity index (χ1v) is 12.9. The van der Waals surface area contributed by atoms with Crippen LogP contribution in [0.2, 0.25) is 0 Å². The summed E-state index contributed by atoms with van der Waals surface area (Å²) in [4.78, 5) is 13.7. The number of fused-ring (bicyclic) bond motifs is 2. The van der Waals surface area contributed by atoms with Gasteiger partial charge in [-0.3, -0.25) is 4.79 Å². The van der Waals surface area contributed by atoms with Crippen LogP contribution in [-0.2, 0) is 5.60 Å². The van der Waals surface area contributed by atoms with Crippen molar-refractivity contribution in [2.45, 2.75) is 12.0 Å². The number of nitrogens with zero attached hydrogens (tertiary/aromatic N) is 1. The third kappa shape index (κ3) is 4.28. The van der Waals surface area contributed by atoms with E-state index in [0.29, 0.717) is 16.9 Å². The van der Waals surface area contributed by atoms with Gasteiger partial charge in [-0.15, -0.1) is 0 Å². The largest absolute Gasteiger partial charge is 0.497 e. The molecule has 5 aromatic rings. The number of carbonyl (C=O) groups excluding carboxylic acids is 1. The zero-order chi connectivity index (χ0) is 27.7. The number of ketones is 1. The van der Waals surface area contributed by atoms with Gasteiger partial charge in [0.1, 0.15) is 22.8 Å². The predicted molar refractivity (Wildman–Crippen MR) is 152 cm³/mol. The number of rotatable bonds is 7. The van der Waals surface area contributed by atoms with Gasteiger partial charge >= 0.3 is 0 Å². The summed E-state index contributed by atoms with van der Waals surface area (Å²) in [5.74, 6) is 1.63. The summed E-state index contributed by atoms with van der Waals surface area (Å²) in [5.41, 5.74) is 3.36. The number of aliphatic hydroxyl groups is 1. The van der Waals surface area contributed by atoms with Crippen LogP contribution in [0.1, 0.15) is 44.7 Å². The first kappa shape index (κ1) is 25.3. The SMILES string of the molecule is COc1ccc(C(=CCC2(O)c3ccccc3C(=O)c3c2noc3-c2ccccc2)c2ccc(OC)cc2)cc1. The highest BCUT2D eigenvalue weighted by atomic mass is 16.5. The lowest BCUT2D eigenvalue weighted by molar-refractivity contribution is 0.0682. The van der Waals surface area contributed by atoms with Crippen LogP contribution in [0.15, 0.2) is 114 Å². The van der Waals surface area contributed by atoms with Crippen LogP contribution in [0.3, 0.4) is 0 Å². The van der Waals surface area contributed by atoms with Crippen molar-refractivity contribution in [1.29, 1.82) is 0 Å². The van der Waals surface area contributed by atoms with E-state index in [1.54, 1.807) is 32.4 Å². The van der Waals surface area contributed by atoms with E-state index in [-0.39, 0.29) is 23.5 Å². The normalized spacial score (nSPS) is 15.6. The van der Waals surface area contributed by atoms with Crippen molar-refractivity contribution in [1.82, 2.24) is 5.16 Å². The Morgan fingerprint density at radius 1 is 0.825 bits per heavy atom. The van der Waals surface area contributed by atoms with Crippen molar-refractivity contribution in [3.05, 3.63) is 143 Å². The van der Waals surface area contributed by atoms with Crippen LogP contribution in [0.5, 0.6) is 11.5 Å². The molecule has 1 aromatic heterocycles. The molecule has 6 rings (SSSR count). The molecule has 0 aliphatic heterocycles. The lowest BCUT2D eigenvalue weighted by Gasteiger charge is -2.32. The summed E-state index contributed by atoms with van der Waals surface area (Å²) >= 11 is 0. The molecule has 0 fully saturated rings. The smallest absolute Gasteiger partial charge is 0.199 e. The summed E-state index contributed by atoms with van der Waals surface area (Å²) < 4.78 is 16.5. The Labute approximate surface area is 232 Å². The Balaban J connectivity index is 1.50. The highest BCUT2D eigenvalue weighted by molar-refractivity contribution is 6.15. The molecule has 1 N–H and O–H groups in total. The second-order valence-corrected chi connectivity index (χ2v) is 9.62. The highest BCUT2D eigenvalue weighted by Gasteiger charge is 2.46. The highest BCUT2D eigenvalue weighted by Crippen LogP contribution is 2.45. The molecule has 1 aliphatic carbocycles. The van der Waals surface area contributed by atoms with Crippen LogP contribution in [0, 0.1) is 0 Å². The molecule has 40 heavy (non-hydrogen) atoms. The van der Waals surface area contributed by atoms with Crippen molar-refractivity contribution in [3.8, 4) is 22.8 Å². The lowest BCUT2D eigenvalue weighted by Crippen LogP contribution is -2.35. The Morgan fingerprint density at radius 2 is 1.40 bits per heavy atom. The van der Waals surface area contributed by atoms with Gasteiger partial charge in [0.15, 0.2) is 11.5 Å². The molecule has 0 spiro atoms. The van der Waals surface area contributed by atoms with Crippen LogP contribution >= 0.6 is 0 Å². The molecule has 6 nitrogen and oxygen atoms in total. The monoisotopic (exact) mass is 529 g/mol. The fourth-order valence-electron chi connectivity index (χ4n) is 5.27. The zero-order valence-electron chi connectivity index (χ0n) is 22.1. The topological polar surface area (TPSA) is 81.8 Å². The number of hydrogen-bond acceptors (Lipinski definition) is 6. The second kappa shape index (κ2) is 10.3. The first-order valence-electron chi connectivity index (χ1n) is 12.9. The number of hydrogen-bond donors (Lipinski definition) is 1. The fourth-order valence-corrected chi connectivity index (χ4v) is 5.27. The van der Waals surface area contributed by atoms with Crippen LogP contribution in [-0.4, -0.2) is 30.3 Å². The van der Waals surface area contributed by atoms with Crippen LogP contribution < -0.4 is 9.47 Å². The van der Waals surface area contributed by atoms with Crippen molar-refractivity contribution in [2.24, 2.45) is 0 Å². The average molecular weight is 530 g/mol. The molecule has 0 saturated carbocycles. The van der Waals surface area contributed by atoms with E-state index in [1.165, 1.54) is 0 Å². The Hall–Kier alpha value is -4.94. The maximum absolute atomic E-state index is 13.7. The van der Waals surface area contributed by atoms with Crippen molar-refractivity contribution >= 4 is 11.4 Å². The molecule has 6 heteroatoms. The van der Waals surface area contributed by atoms with Crippen LogP contribution in [0.25, 0.3) is 16.9 Å². The summed E-state index contributed by atoms with van der Waals surface area (Å²) in [5, 5.41) is 16.7. The third-order valence-electron chi connectivity index (χ3n) is 7.37. The Morgan fingerprint density at radius 3 is 2.00 bits per heavy atom. The van der Waals surface area contributed by atoms with E-state index >= 15 is 0 Å². The fraction of sp³-hybridized carbons (Fsp3) is 0.118. The van der Waals surface area contributed by atoms with E-state index < -0.39 is 5.60 Å². The number of carbonyl (C=O) groups is 1.